The van der Waals surface area contributed by atoms with E-state index in [1.807, 2.05) is 0 Å². The molecule has 4 nitrogen and oxygen atoms in total. The molecule has 3 rings (SSSR count). The van der Waals surface area contributed by atoms with Crippen LogP contribution in [0.25, 0.3) is 22.5 Å². The van der Waals surface area contributed by atoms with Gasteiger partial charge in [-0.15, -0.1) is 0 Å². The van der Waals surface area contributed by atoms with Crippen molar-refractivity contribution in [2.24, 2.45) is 0 Å². The third kappa shape index (κ3) is 4.37. The Morgan fingerprint density at radius 2 is 1.31 bits per heavy atom. The van der Waals surface area contributed by atoms with Crippen LogP contribution >= 0.6 is 0 Å². The van der Waals surface area contributed by atoms with Crippen molar-refractivity contribution in [3.63, 3.8) is 0 Å². The van der Waals surface area contributed by atoms with Crippen LogP contribution in [-0.2, 0) is 9.84 Å². The molecule has 1 N–H and O–H groups in total. The van der Waals surface area contributed by atoms with Crippen LogP contribution in [0.15, 0.2) is 53.7 Å². The number of alkyl halides is 4. The van der Waals surface area contributed by atoms with Gasteiger partial charge in [-0.05, 0) is 48.5 Å². The Kier molecular flexibility index (Phi) is 6.88. The molecule has 12 heteroatoms. The second-order valence-corrected chi connectivity index (χ2v) is 7.58. The van der Waals surface area contributed by atoms with E-state index in [9.17, 15) is 34.8 Å². The first-order chi connectivity index (χ1) is 13.0. The van der Waals surface area contributed by atoms with E-state index in [4.69, 9.17) is 0 Å². The maximum atomic E-state index is 13.6. The van der Waals surface area contributed by atoms with Crippen molar-refractivity contribution in [3.05, 3.63) is 60.2 Å². The number of sulfone groups is 1. The van der Waals surface area contributed by atoms with Gasteiger partial charge in [0.2, 0.25) is 5.16 Å². The fourth-order valence-electron chi connectivity index (χ4n) is 2.37. The fourth-order valence-corrected chi connectivity index (χ4v) is 3.31. The molecule has 0 fully saturated rings. The topological polar surface area (TPSA) is 62.8 Å². The maximum absolute atomic E-state index is 13.6. The molecule has 0 saturated heterocycles. The summed E-state index contributed by atoms with van der Waals surface area (Å²) < 4.78 is 103. The van der Waals surface area contributed by atoms with Gasteiger partial charge in [0.25, 0.3) is 9.84 Å². The third-order valence-electron chi connectivity index (χ3n) is 3.80. The van der Waals surface area contributed by atoms with Crippen molar-refractivity contribution in [3.8, 4) is 22.5 Å². The number of H-pyrrole nitrogens is 1. The molecule has 0 atom stereocenters. The molecule has 29 heavy (non-hydrogen) atoms. The summed E-state index contributed by atoms with van der Waals surface area (Å²) in [5.41, 5.74) is -0.0840. The Hall–Kier alpha value is -1.82. The molecule has 3 aromatic rings. The van der Waals surface area contributed by atoms with Crippen molar-refractivity contribution < 1.29 is 34.8 Å². The minimum absolute atomic E-state index is 0. The molecule has 0 bridgehead atoms. The molecular formula is C17H11F6N2NaO2S. The molecule has 1 heterocycles. The molecule has 150 valence electrons. The predicted octanol–water partition coefficient (Wildman–Crippen LogP) is 4.01. The molecule has 2 aromatic carbocycles. The summed E-state index contributed by atoms with van der Waals surface area (Å²) in [5.74, 6) is -1.25. The number of hydrogen-bond donors (Lipinski definition) is 1. The fraction of sp³-hybridized carbons (Fsp3) is 0.118. The number of rotatable bonds is 5. The zero-order valence-electron chi connectivity index (χ0n) is 13.6. The van der Waals surface area contributed by atoms with E-state index in [1.165, 1.54) is 24.3 Å². The quantitative estimate of drug-likeness (QED) is 0.478. The number of halogens is 6. The monoisotopic (exact) mass is 444 g/mol. The molecule has 0 unspecified atom stereocenters. The van der Waals surface area contributed by atoms with Crippen molar-refractivity contribution in [1.29, 1.82) is 0 Å². The standard InChI is InChI=1S/C17H10F6N2O2S.Na.H/c18-11-5-1-9(2-6-11)13-14(10-3-7-12(19)8-4-10)25-16(24-13)28(26,27)17(22,23)15(20)21;;/h1-8,15H,(H,24,25);;. The molecule has 0 aliphatic carbocycles. The molecule has 0 aliphatic rings. The Balaban J connectivity index is 0.00000300. The van der Waals surface area contributed by atoms with Gasteiger partial charge in [0.1, 0.15) is 11.6 Å². The zero-order valence-corrected chi connectivity index (χ0v) is 14.5. The van der Waals surface area contributed by atoms with Gasteiger partial charge in [-0.3, -0.25) is 0 Å². The van der Waals surface area contributed by atoms with E-state index < -0.39 is 38.3 Å². The summed E-state index contributed by atoms with van der Waals surface area (Å²) in [7, 11) is -5.87. The van der Waals surface area contributed by atoms with Gasteiger partial charge in [0.05, 0.1) is 11.4 Å². The van der Waals surface area contributed by atoms with Crippen LogP contribution in [0.2, 0.25) is 0 Å². The van der Waals surface area contributed by atoms with Crippen LogP contribution < -0.4 is 0 Å². The van der Waals surface area contributed by atoms with E-state index in [-0.39, 0.29) is 52.1 Å². The van der Waals surface area contributed by atoms with Crippen LogP contribution in [0.1, 0.15) is 0 Å². The Labute approximate surface area is 183 Å². The Morgan fingerprint density at radius 3 is 1.76 bits per heavy atom. The van der Waals surface area contributed by atoms with Gasteiger partial charge in [0.15, 0.2) is 0 Å². The summed E-state index contributed by atoms with van der Waals surface area (Å²) in [6, 6.07) is 8.87. The summed E-state index contributed by atoms with van der Waals surface area (Å²) >= 11 is 0. The van der Waals surface area contributed by atoms with Crippen LogP contribution in [0.3, 0.4) is 0 Å². The number of benzene rings is 2. The molecular weight excluding hydrogens is 433 g/mol. The van der Waals surface area contributed by atoms with Crippen LogP contribution in [0.5, 0.6) is 0 Å². The van der Waals surface area contributed by atoms with E-state index >= 15 is 0 Å². The average molecular weight is 444 g/mol. The average Bonchev–Trinajstić information content (AvgIpc) is 3.08. The molecule has 0 radical (unpaired) electrons. The summed E-state index contributed by atoms with van der Waals surface area (Å²) in [6.45, 7) is 0. The molecule has 0 aliphatic heterocycles. The van der Waals surface area contributed by atoms with Crippen molar-refractivity contribution in [2.45, 2.75) is 16.8 Å². The SMILES string of the molecule is O=S(=O)(c1nc(-c2ccc(F)cc2)c(-c2ccc(F)cc2)[nH]1)C(F)(F)C(F)F.[NaH]. The van der Waals surface area contributed by atoms with Crippen molar-refractivity contribution >= 4 is 39.4 Å². The van der Waals surface area contributed by atoms with E-state index in [0.717, 1.165) is 24.3 Å². The number of aromatic amines is 1. The first-order valence-corrected chi connectivity index (χ1v) is 9.05. The number of imidazole rings is 1. The van der Waals surface area contributed by atoms with Gasteiger partial charge in [-0.2, -0.15) is 8.78 Å². The number of nitrogens with zero attached hydrogens (tertiary/aromatic N) is 1. The summed E-state index contributed by atoms with van der Waals surface area (Å²) in [4.78, 5) is 5.66. The number of aromatic nitrogens is 2. The van der Waals surface area contributed by atoms with Crippen molar-refractivity contribution in [2.75, 3.05) is 0 Å². The van der Waals surface area contributed by atoms with Crippen LogP contribution in [0, 0.1) is 11.6 Å². The van der Waals surface area contributed by atoms with Gasteiger partial charge in [0, 0.05) is 11.1 Å². The molecule has 0 saturated carbocycles. The molecule has 1 aromatic heterocycles. The molecule has 0 amide bonds. The third-order valence-corrected chi connectivity index (χ3v) is 5.40. The summed E-state index contributed by atoms with van der Waals surface area (Å²) in [6.07, 6.45) is -4.48. The number of nitrogens with one attached hydrogen (secondary N) is 1. The van der Waals surface area contributed by atoms with E-state index in [2.05, 4.69) is 9.97 Å². The second-order valence-electron chi connectivity index (χ2n) is 5.65. The minimum atomic E-state index is -5.87. The van der Waals surface area contributed by atoms with E-state index in [1.54, 1.807) is 0 Å². The first kappa shape index (κ1) is 23.5. The van der Waals surface area contributed by atoms with Crippen molar-refractivity contribution in [1.82, 2.24) is 9.97 Å². The predicted molar refractivity (Wildman–Crippen MR) is 94.7 cm³/mol. The zero-order chi connectivity index (χ0) is 20.7. The van der Waals surface area contributed by atoms with Gasteiger partial charge >= 0.3 is 41.2 Å². The Morgan fingerprint density at radius 1 is 0.862 bits per heavy atom. The number of hydrogen-bond acceptors (Lipinski definition) is 3. The van der Waals surface area contributed by atoms with Gasteiger partial charge in [-0.25, -0.2) is 31.0 Å². The van der Waals surface area contributed by atoms with Crippen LogP contribution in [-0.4, -0.2) is 59.6 Å². The normalized spacial score (nSPS) is 12.1. The summed E-state index contributed by atoms with van der Waals surface area (Å²) in [5, 5.41) is -6.78. The van der Waals surface area contributed by atoms with Gasteiger partial charge in [-0.1, -0.05) is 0 Å². The van der Waals surface area contributed by atoms with Gasteiger partial charge < -0.3 is 4.98 Å². The van der Waals surface area contributed by atoms with Crippen LogP contribution in [0.4, 0.5) is 26.3 Å². The van der Waals surface area contributed by atoms with E-state index in [0.29, 0.717) is 0 Å². The molecule has 0 spiro atoms. The second kappa shape index (κ2) is 8.50. The first-order valence-electron chi connectivity index (χ1n) is 7.56. The Bertz CT molecular complexity index is 1040.